The number of piperidine rings is 1. The maximum Gasteiger partial charge on any atom is 0.268 e. The number of hydrogen-bond acceptors (Lipinski definition) is 5. The number of nitrogens with zero attached hydrogens (tertiary/aromatic N) is 1. The van der Waals surface area contributed by atoms with E-state index in [0.29, 0.717) is 11.6 Å². The summed E-state index contributed by atoms with van der Waals surface area (Å²) >= 11 is 0. The summed E-state index contributed by atoms with van der Waals surface area (Å²) in [6.07, 6.45) is 4.90. The van der Waals surface area contributed by atoms with Gasteiger partial charge in [0.15, 0.2) is 0 Å². The van der Waals surface area contributed by atoms with Crippen LogP contribution in [0.15, 0.2) is 16.7 Å². The molecule has 0 saturated carbocycles. The Morgan fingerprint density at radius 1 is 1.55 bits per heavy atom. The van der Waals surface area contributed by atoms with E-state index in [1.54, 1.807) is 6.07 Å². The van der Waals surface area contributed by atoms with Crippen molar-refractivity contribution in [3.63, 3.8) is 0 Å². The third-order valence-electron chi connectivity index (χ3n) is 3.74. The standard InChI is InChI=1S/C14H24N4O2/c1-2-7-18(12-3-5-16-6-4-12)9-13-8-11(10-20-13)14(19)17-15/h8,10,12,16H,2-7,9,15H2,1H3,(H,17,19). The highest BCUT2D eigenvalue weighted by molar-refractivity contribution is 5.93. The Hall–Kier alpha value is -1.37. The van der Waals surface area contributed by atoms with Crippen molar-refractivity contribution in [2.45, 2.75) is 38.8 Å². The van der Waals surface area contributed by atoms with E-state index in [4.69, 9.17) is 10.3 Å². The monoisotopic (exact) mass is 280 g/mol. The van der Waals surface area contributed by atoms with E-state index in [0.717, 1.165) is 51.2 Å². The number of hydrazine groups is 1. The minimum absolute atomic E-state index is 0.316. The van der Waals surface area contributed by atoms with Crippen LogP contribution in [0.3, 0.4) is 0 Å². The zero-order valence-electron chi connectivity index (χ0n) is 12.0. The second-order valence-electron chi connectivity index (χ2n) is 5.23. The zero-order chi connectivity index (χ0) is 14.4. The minimum atomic E-state index is -0.316. The van der Waals surface area contributed by atoms with Crippen LogP contribution in [-0.2, 0) is 6.54 Å². The molecule has 0 aliphatic carbocycles. The molecule has 1 saturated heterocycles. The Bertz CT molecular complexity index is 427. The molecule has 112 valence electrons. The molecule has 1 aliphatic rings. The van der Waals surface area contributed by atoms with Gasteiger partial charge >= 0.3 is 0 Å². The molecular weight excluding hydrogens is 256 g/mol. The number of nitrogen functional groups attached to an aromatic ring is 1. The lowest BCUT2D eigenvalue weighted by molar-refractivity contribution is 0.0953. The lowest BCUT2D eigenvalue weighted by Gasteiger charge is -2.33. The van der Waals surface area contributed by atoms with Crippen LogP contribution in [0.2, 0.25) is 0 Å². The number of nitrogens with one attached hydrogen (secondary N) is 2. The molecule has 1 aromatic heterocycles. The summed E-state index contributed by atoms with van der Waals surface area (Å²) < 4.78 is 5.48. The van der Waals surface area contributed by atoms with Crippen LogP contribution in [0.5, 0.6) is 0 Å². The van der Waals surface area contributed by atoms with E-state index in [2.05, 4.69) is 22.6 Å². The third-order valence-corrected chi connectivity index (χ3v) is 3.74. The van der Waals surface area contributed by atoms with Gasteiger partial charge in [0.25, 0.3) is 5.91 Å². The zero-order valence-corrected chi connectivity index (χ0v) is 12.0. The number of hydrogen-bond donors (Lipinski definition) is 3. The number of nitrogens with two attached hydrogens (primary N) is 1. The molecule has 6 heteroatoms. The van der Waals surface area contributed by atoms with Crippen LogP contribution in [0.25, 0.3) is 0 Å². The summed E-state index contributed by atoms with van der Waals surface area (Å²) in [4.78, 5) is 13.9. The minimum Gasteiger partial charge on any atom is -0.467 e. The number of carbonyl (C=O) groups is 1. The third kappa shape index (κ3) is 3.82. The first-order chi connectivity index (χ1) is 9.74. The highest BCUT2D eigenvalue weighted by atomic mass is 16.3. The second-order valence-corrected chi connectivity index (χ2v) is 5.23. The van der Waals surface area contributed by atoms with Gasteiger partial charge in [-0.05, 0) is 45.0 Å². The lowest BCUT2D eigenvalue weighted by Crippen LogP contribution is -2.43. The van der Waals surface area contributed by atoms with Gasteiger partial charge in [-0.25, -0.2) is 5.84 Å². The molecule has 1 amide bonds. The fraction of sp³-hybridized carbons (Fsp3) is 0.643. The van der Waals surface area contributed by atoms with Crippen molar-refractivity contribution < 1.29 is 9.21 Å². The van der Waals surface area contributed by atoms with Crippen LogP contribution in [-0.4, -0.2) is 36.5 Å². The van der Waals surface area contributed by atoms with Gasteiger partial charge in [-0.1, -0.05) is 6.92 Å². The first kappa shape index (κ1) is 15.0. The lowest BCUT2D eigenvalue weighted by atomic mass is 10.0. The van der Waals surface area contributed by atoms with Crippen LogP contribution >= 0.6 is 0 Å². The molecule has 1 aliphatic heterocycles. The van der Waals surface area contributed by atoms with Gasteiger partial charge < -0.3 is 9.73 Å². The summed E-state index contributed by atoms with van der Waals surface area (Å²) in [5, 5.41) is 3.39. The molecular formula is C14H24N4O2. The molecule has 0 bridgehead atoms. The fourth-order valence-electron chi connectivity index (χ4n) is 2.72. The number of furan rings is 1. The quantitative estimate of drug-likeness (QED) is 0.409. The maximum absolute atomic E-state index is 11.4. The number of amides is 1. The van der Waals surface area contributed by atoms with Crippen molar-refractivity contribution in [3.8, 4) is 0 Å². The van der Waals surface area contributed by atoms with E-state index >= 15 is 0 Å². The molecule has 6 nitrogen and oxygen atoms in total. The average molecular weight is 280 g/mol. The summed E-state index contributed by atoms with van der Waals surface area (Å²) in [5.41, 5.74) is 2.59. The van der Waals surface area contributed by atoms with Crippen molar-refractivity contribution in [3.05, 3.63) is 23.7 Å². The average Bonchev–Trinajstić information content (AvgIpc) is 2.95. The van der Waals surface area contributed by atoms with E-state index in [1.807, 2.05) is 0 Å². The van der Waals surface area contributed by atoms with E-state index in [1.165, 1.54) is 6.26 Å². The van der Waals surface area contributed by atoms with Crippen molar-refractivity contribution in [2.75, 3.05) is 19.6 Å². The van der Waals surface area contributed by atoms with Gasteiger partial charge in [0, 0.05) is 6.04 Å². The Morgan fingerprint density at radius 3 is 2.95 bits per heavy atom. The molecule has 20 heavy (non-hydrogen) atoms. The predicted molar refractivity (Wildman–Crippen MR) is 77.0 cm³/mol. The van der Waals surface area contributed by atoms with E-state index < -0.39 is 0 Å². The number of rotatable bonds is 6. The van der Waals surface area contributed by atoms with Crippen LogP contribution < -0.4 is 16.6 Å². The highest BCUT2D eigenvalue weighted by Crippen LogP contribution is 2.17. The van der Waals surface area contributed by atoms with E-state index in [-0.39, 0.29) is 5.91 Å². The highest BCUT2D eigenvalue weighted by Gasteiger charge is 2.21. The first-order valence-electron chi connectivity index (χ1n) is 7.27. The smallest absolute Gasteiger partial charge is 0.268 e. The van der Waals surface area contributed by atoms with Gasteiger partial charge in [-0.3, -0.25) is 15.1 Å². The van der Waals surface area contributed by atoms with Gasteiger partial charge in [-0.2, -0.15) is 0 Å². The van der Waals surface area contributed by atoms with Gasteiger partial charge in [-0.15, -0.1) is 0 Å². The van der Waals surface area contributed by atoms with Crippen molar-refractivity contribution in [2.24, 2.45) is 5.84 Å². The Labute approximate surface area is 119 Å². The predicted octanol–water partition coefficient (Wildman–Crippen LogP) is 0.847. The van der Waals surface area contributed by atoms with Crippen LogP contribution in [0, 0.1) is 0 Å². The molecule has 2 rings (SSSR count). The van der Waals surface area contributed by atoms with E-state index in [9.17, 15) is 4.79 Å². The van der Waals surface area contributed by atoms with Crippen LogP contribution in [0.1, 0.15) is 42.3 Å². The summed E-state index contributed by atoms with van der Waals surface area (Å²) in [6, 6.07) is 2.36. The normalized spacial score (nSPS) is 16.6. The Morgan fingerprint density at radius 2 is 2.30 bits per heavy atom. The topological polar surface area (TPSA) is 83.5 Å². The molecule has 1 aromatic rings. The molecule has 0 atom stereocenters. The summed E-state index contributed by atoms with van der Waals surface area (Å²) in [6.45, 7) is 6.12. The Kier molecular flexibility index (Phi) is 5.58. The van der Waals surface area contributed by atoms with Crippen molar-refractivity contribution >= 4 is 5.91 Å². The Balaban J connectivity index is 1.99. The van der Waals surface area contributed by atoms with Gasteiger partial charge in [0.1, 0.15) is 12.0 Å². The van der Waals surface area contributed by atoms with Gasteiger partial charge in [0.2, 0.25) is 0 Å². The van der Waals surface area contributed by atoms with Gasteiger partial charge in [0.05, 0.1) is 12.1 Å². The van der Waals surface area contributed by atoms with Crippen molar-refractivity contribution in [1.82, 2.24) is 15.6 Å². The van der Waals surface area contributed by atoms with Crippen molar-refractivity contribution in [1.29, 1.82) is 0 Å². The molecule has 2 heterocycles. The molecule has 0 spiro atoms. The summed E-state index contributed by atoms with van der Waals surface area (Å²) in [5.74, 6) is 5.62. The fourth-order valence-corrected chi connectivity index (χ4v) is 2.72. The summed E-state index contributed by atoms with van der Waals surface area (Å²) in [7, 11) is 0. The molecule has 0 radical (unpaired) electrons. The molecule has 0 unspecified atom stereocenters. The molecule has 1 fully saturated rings. The maximum atomic E-state index is 11.4. The SMILES string of the molecule is CCCN(Cc1cc(C(=O)NN)co1)C1CCNCC1. The second kappa shape index (κ2) is 7.42. The van der Waals surface area contributed by atoms with Crippen LogP contribution in [0.4, 0.5) is 0 Å². The molecule has 0 aromatic carbocycles. The first-order valence-corrected chi connectivity index (χ1v) is 7.27. The largest absolute Gasteiger partial charge is 0.467 e. The molecule has 4 N–H and O–H groups in total. The number of carbonyl (C=O) groups excluding carboxylic acids is 1.